The molecule has 2 aromatic heterocycles. The van der Waals surface area contributed by atoms with E-state index in [1.165, 1.54) is 11.1 Å². The first-order chi connectivity index (χ1) is 11.4. The molecule has 5 nitrogen and oxygen atoms in total. The predicted octanol–water partition coefficient (Wildman–Crippen LogP) is 3.83. The highest BCUT2D eigenvalue weighted by Crippen LogP contribution is 2.48. The molecular formula is C19H23N5. The lowest BCUT2D eigenvalue weighted by atomic mass is 9.86. The fourth-order valence-electron chi connectivity index (χ4n) is 3.16. The third kappa shape index (κ3) is 2.54. The van der Waals surface area contributed by atoms with Gasteiger partial charge >= 0.3 is 0 Å². The molecular weight excluding hydrogens is 298 g/mol. The highest BCUT2D eigenvalue weighted by molar-refractivity contribution is 5.51. The van der Waals surface area contributed by atoms with Gasteiger partial charge in [-0.05, 0) is 36.3 Å². The Labute approximate surface area is 142 Å². The molecule has 0 amide bonds. The number of fused-ring (bicyclic) bond motifs is 1. The Kier molecular flexibility index (Phi) is 3.17. The Morgan fingerprint density at radius 3 is 2.46 bits per heavy atom. The lowest BCUT2D eigenvalue weighted by Gasteiger charge is -2.23. The minimum Gasteiger partial charge on any atom is -0.360 e. The van der Waals surface area contributed by atoms with Gasteiger partial charge in [-0.1, -0.05) is 45.0 Å². The molecule has 0 atom stereocenters. The molecule has 0 aliphatic heterocycles. The Morgan fingerprint density at radius 2 is 1.83 bits per heavy atom. The van der Waals surface area contributed by atoms with Crippen LogP contribution in [0.25, 0.3) is 5.78 Å². The van der Waals surface area contributed by atoms with E-state index in [1.807, 2.05) is 13.0 Å². The zero-order chi connectivity index (χ0) is 16.9. The summed E-state index contributed by atoms with van der Waals surface area (Å²) in [5, 5.41) is 7.99. The van der Waals surface area contributed by atoms with E-state index in [0.29, 0.717) is 5.78 Å². The molecule has 1 fully saturated rings. The van der Waals surface area contributed by atoms with Crippen LogP contribution >= 0.6 is 0 Å². The Bertz CT molecular complexity index is 882. The maximum atomic E-state index is 4.41. The zero-order valence-corrected chi connectivity index (χ0v) is 14.7. The summed E-state index contributed by atoms with van der Waals surface area (Å²) in [6.07, 6.45) is 3.80. The van der Waals surface area contributed by atoms with Gasteiger partial charge in [0, 0.05) is 11.8 Å². The smallest absolute Gasteiger partial charge is 0.254 e. The number of benzene rings is 1. The van der Waals surface area contributed by atoms with E-state index in [1.54, 1.807) is 10.8 Å². The molecule has 0 bridgehead atoms. The first-order valence-electron chi connectivity index (χ1n) is 8.44. The zero-order valence-electron chi connectivity index (χ0n) is 14.7. The SMILES string of the molecule is Cc1cc(NC2(c3ccc(C(C)(C)C)cc3)CC2)n2ncnc2n1. The average molecular weight is 321 g/mol. The Balaban J connectivity index is 1.67. The van der Waals surface area contributed by atoms with Gasteiger partial charge in [-0.3, -0.25) is 0 Å². The number of hydrogen-bond donors (Lipinski definition) is 1. The summed E-state index contributed by atoms with van der Waals surface area (Å²) in [5.41, 5.74) is 3.82. The van der Waals surface area contributed by atoms with Crippen molar-refractivity contribution in [3.05, 3.63) is 53.5 Å². The molecule has 1 aliphatic rings. The van der Waals surface area contributed by atoms with Gasteiger partial charge in [-0.15, -0.1) is 0 Å². The molecule has 1 aliphatic carbocycles. The minimum atomic E-state index is 0.00306. The third-order valence-electron chi connectivity index (χ3n) is 4.80. The van der Waals surface area contributed by atoms with Gasteiger partial charge in [0.15, 0.2) is 0 Å². The molecule has 0 saturated heterocycles. The van der Waals surface area contributed by atoms with Crippen LogP contribution in [-0.2, 0) is 11.0 Å². The largest absolute Gasteiger partial charge is 0.360 e. The van der Waals surface area contributed by atoms with Gasteiger partial charge in [0.2, 0.25) is 0 Å². The highest BCUT2D eigenvalue weighted by Gasteiger charge is 2.45. The molecule has 1 saturated carbocycles. The van der Waals surface area contributed by atoms with Crippen molar-refractivity contribution in [3.8, 4) is 0 Å². The normalized spacial score (nSPS) is 16.3. The number of aromatic nitrogens is 4. The van der Waals surface area contributed by atoms with Crippen molar-refractivity contribution in [2.75, 3.05) is 5.32 Å². The maximum absolute atomic E-state index is 4.41. The van der Waals surface area contributed by atoms with Crippen molar-refractivity contribution < 1.29 is 0 Å². The predicted molar refractivity (Wildman–Crippen MR) is 95.2 cm³/mol. The number of nitrogens with zero attached hydrogens (tertiary/aromatic N) is 4. The average Bonchev–Trinajstić information content (AvgIpc) is 3.15. The van der Waals surface area contributed by atoms with Gasteiger partial charge in [-0.2, -0.15) is 14.6 Å². The van der Waals surface area contributed by atoms with E-state index < -0.39 is 0 Å². The fraction of sp³-hybridized carbons (Fsp3) is 0.421. The Hall–Kier alpha value is -2.43. The van der Waals surface area contributed by atoms with Crippen LogP contribution in [0.5, 0.6) is 0 Å². The quantitative estimate of drug-likeness (QED) is 0.796. The summed E-state index contributed by atoms with van der Waals surface area (Å²) in [5.74, 6) is 1.59. The van der Waals surface area contributed by atoms with Crippen LogP contribution in [0.2, 0.25) is 0 Å². The summed E-state index contributed by atoms with van der Waals surface area (Å²) < 4.78 is 1.77. The summed E-state index contributed by atoms with van der Waals surface area (Å²) >= 11 is 0. The van der Waals surface area contributed by atoms with Crippen LogP contribution in [0, 0.1) is 6.92 Å². The van der Waals surface area contributed by atoms with E-state index >= 15 is 0 Å². The number of rotatable bonds is 3. The van der Waals surface area contributed by atoms with Crippen molar-refractivity contribution >= 4 is 11.6 Å². The van der Waals surface area contributed by atoms with Crippen LogP contribution in [0.1, 0.15) is 50.4 Å². The van der Waals surface area contributed by atoms with E-state index in [-0.39, 0.29) is 11.0 Å². The van der Waals surface area contributed by atoms with Gasteiger partial charge in [0.05, 0.1) is 5.54 Å². The molecule has 1 aromatic carbocycles. The molecule has 1 N–H and O–H groups in total. The highest BCUT2D eigenvalue weighted by atomic mass is 15.4. The van der Waals surface area contributed by atoms with Crippen molar-refractivity contribution in [2.24, 2.45) is 0 Å². The van der Waals surface area contributed by atoms with Crippen molar-refractivity contribution in [2.45, 2.75) is 51.5 Å². The van der Waals surface area contributed by atoms with Crippen LogP contribution in [-0.4, -0.2) is 19.6 Å². The van der Waals surface area contributed by atoms with Gasteiger partial charge in [0.1, 0.15) is 12.1 Å². The van der Waals surface area contributed by atoms with Crippen molar-refractivity contribution in [1.82, 2.24) is 19.6 Å². The van der Waals surface area contributed by atoms with Gasteiger partial charge in [-0.25, -0.2) is 4.98 Å². The van der Waals surface area contributed by atoms with Crippen molar-refractivity contribution in [1.29, 1.82) is 0 Å². The lowest BCUT2D eigenvalue weighted by Crippen LogP contribution is -2.21. The second-order valence-corrected chi connectivity index (χ2v) is 7.79. The first-order valence-corrected chi connectivity index (χ1v) is 8.44. The number of hydrogen-bond acceptors (Lipinski definition) is 4. The topological polar surface area (TPSA) is 55.1 Å². The second-order valence-electron chi connectivity index (χ2n) is 7.79. The van der Waals surface area contributed by atoms with Crippen molar-refractivity contribution in [3.63, 3.8) is 0 Å². The summed E-state index contributed by atoms with van der Waals surface area (Å²) in [6.45, 7) is 8.72. The molecule has 0 unspecified atom stereocenters. The van der Waals surface area contributed by atoms with Crippen LogP contribution in [0.15, 0.2) is 36.7 Å². The van der Waals surface area contributed by atoms with Crippen LogP contribution in [0.4, 0.5) is 5.82 Å². The molecule has 124 valence electrons. The minimum absolute atomic E-state index is 0.00306. The summed E-state index contributed by atoms with van der Waals surface area (Å²) in [6, 6.07) is 11.0. The molecule has 5 heteroatoms. The monoisotopic (exact) mass is 321 g/mol. The number of aryl methyl sites for hydroxylation is 1. The second kappa shape index (κ2) is 5.03. The molecule has 0 radical (unpaired) electrons. The van der Waals surface area contributed by atoms with Crippen LogP contribution < -0.4 is 5.32 Å². The first kappa shape index (κ1) is 15.1. The summed E-state index contributed by atoms with van der Waals surface area (Å²) in [4.78, 5) is 8.61. The van der Waals surface area contributed by atoms with Gasteiger partial charge < -0.3 is 5.32 Å². The standard InChI is InChI=1S/C19H23N5/c1-13-11-16(24-17(22-13)20-12-21-24)23-19(9-10-19)15-7-5-14(6-8-15)18(2,3)4/h5-8,11-12,23H,9-10H2,1-4H3. The van der Waals surface area contributed by atoms with E-state index in [4.69, 9.17) is 0 Å². The van der Waals surface area contributed by atoms with E-state index in [0.717, 1.165) is 24.4 Å². The van der Waals surface area contributed by atoms with E-state index in [2.05, 4.69) is 65.4 Å². The molecule has 24 heavy (non-hydrogen) atoms. The summed E-state index contributed by atoms with van der Waals surface area (Å²) in [7, 11) is 0. The maximum Gasteiger partial charge on any atom is 0.254 e. The Morgan fingerprint density at radius 1 is 1.12 bits per heavy atom. The fourth-order valence-corrected chi connectivity index (χ4v) is 3.16. The lowest BCUT2D eigenvalue weighted by molar-refractivity contribution is 0.589. The molecule has 0 spiro atoms. The number of anilines is 1. The van der Waals surface area contributed by atoms with Gasteiger partial charge in [0.25, 0.3) is 5.78 Å². The van der Waals surface area contributed by atoms with E-state index in [9.17, 15) is 0 Å². The molecule has 2 heterocycles. The molecule has 3 aromatic rings. The van der Waals surface area contributed by atoms with Crippen LogP contribution in [0.3, 0.4) is 0 Å². The molecule has 4 rings (SSSR count). The third-order valence-corrected chi connectivity index (χ3v) is 4.80. The number of nitrogens with one attached hydrogen (secondary N) is 1.